The van der Waals surface area contributed by atoms with Crippen LogP contribution in [0, 0.1) is 0 Å². The Labute approximate surface area is 201 Å². The zero-order chi connectivity index (χ0) is 25.3. The smallest absolute Gasteiger partial charge is 0.283 e. The number of carbonyl (C=O) groups is 1. The number of hydrogen-bond acceptors (Lipinski definition) is 5. The molecule has 0 saturated carbocycles. The molecule has 0 unspecified atom stereocenters. The van der Waals surface area contributed by atoms with Gasteiger partial charge in [-0.25, -0.2) is 9.40 Å². The molecule has 2 N–H and O–H groups in total. The van der Waals surface area contributed by atoms with E-state index in [1.165, 1.54) is 10.7 Å². The second-order valence-corrected chi connectivity index (χ2v) is 11.2. The van der Waals surface area contributed by atoms with E-state index in [-0.39, 0.29) is 23.3 Å². The summed E-state index contributed by atoms with van der Waals surface area (Å²) in [6.45, 7) is 11.3. The van der Waals surface area contributed by atoms with Gasteiger partial charge < -0.3 is 5.11 Å². The minimum atomic E-state index is -4.26. The maximum atomic E-state index is 13.1. The third-order valence-corrected chi connectivity index (χ3v) is 6.91. The van der Waals surface area contributed by atoms with Crippen LogP contribution >= 0.6 is 0 Å². The van der Waals surface area contributed by atoms with Crippen LogP contribution in [0.1, 0.15) is 75.8 Å². The Kier molecular flexibility index (Phi) is 7.33. The number of nitrogens with one attached hydrogen (secondary N) is 1. The van der Waals surface area contributed by atoms with Gasteiger partial charge in [-0.2, -0.15) is 13.5 Å². The SMILES string of the molecule is CC(C)c1cccc(C(C)C)c1CC(=O)NS(=O)(=O)c1cc(C(C)(C)O)n(-c2ccccc2)n1. The number of aliphatic hydroxyl groups is 1. The van der Waals surface area contributed by atoms with E-state index in [1.54, 1.807) is 38.1 Å². The Bertz CT molecular complexity index is 1240. The summed E-state index contributed by atoms with van der Waals surface area (Å²) in [5.41, 5.74) is 2.43. The molecule has 2 aromatic carbocycles. The van der Waals surface area contributed by atoms with E-state index >= 15 is 0 Å². The Morgan fingerprint density at radius 1 is 1.00 bits per heavy atom. The van der Waals surface area contributed by atoms with Crippen LogP contribution in [-0.4, -0.2) is 29.2 Å². The molecule has 0 radical (unpaired) electrons. The molecule has 3 rings (SSSR count). The summed E-state index contributed by atoms with van der Waals surface area (Å²) in [4.78, 5) is 12.9. The van der Waals surface area contributed by atoms with E-state index in [4.69, 9.17) is 0 Å². The van der Waals surface area contributed by atoms with Gasteiger partial charge in [-0.1, -0.05) is 64.1 Å². The van der Waals surface area contributed by atoms with Gasteiger partial charge in [0.15, 0.2) is 5.03 Å². The minimum absolute atomic E-state index is 0.0567. The minimum Gasteiger partial charge on any atom is -0.384 e. The molecule has 1 aromatic heterocycles. The van der Waals surface area contributed by atoms with E-state index in [0.717, 1.165) is 16.7 Å². The molecule has 0 aliphatic rings. The summed E-state index contributed by atoms with van der Waals surface area (Å²) in [6.07, 6.45) is -0.0567. The highest BCUT2D eigenvalue weighted by atomic mass is 32.2. The first-order valence-corrected chi connectivity index (χ1v) is 12.8. The number of para-hydroxylation sites is 1. The second-order valence-electron chi connectivity index (χ2n) is 9.60. The molecule has 1 heterocycles. The highest BCUT2D eigenvalue weighted by Gasteiger charge is 2.30. The number of hydrogen-bond donors (Lipinski definition) is 2. The number of carbonyl (C=O) groups excluding carboxylic acids is 1. The van der Waals surface area contributed by atoms with Crippen LogP contribution in [0.4, 0.5) is 0 Å². The van der Waals surface area contributed by atoms with Crippen molar-refractivity contribution in [3.8, 4) is 5.69 Å². The number of benzene rings is 2. The summed E-state index contributed by atoms with van der Waals surface area (Å²) in [6, 6.07) is 16.1. The van der Waals surface area contributed by atoms with Crippen LogP contribution in [0.15, 0.2) is 59.6 Å². The van der Waals surface area contributed by atoms with Crippen LogP contribution in [0.2, 0.25) is 0 Å². The fraction of sp³-hybridized carbons (Fsp3) is 0.385. The molecule has 0 fully saturated rings. The van der Waals surface area contributed by atoms with Gasteiger partial charge in [0.25, 0.3) is 10.0 Å². The Balaban J connectivity index is 1.95. The molecule has 8 heteroatoms. The maximum absolute atomic E-state index is 13.1. The summed E-state index contributed by atoms with van der Waals surface area (Å²) in [7, 11) is -4.26. The monoisotopic (exact) mass is 483 g/mol. The molecule has 0 atom stereocenters. The fourth-order valence-electron chi connectivity index (χ4n) is 4.00. The van der Waals surface area contributed by atoms with Crippen molar-refractivity contribution in [3.63, 3.8) is 0 Å². The number of aromatic nitrogens is 2. The normalized spacial score (nSPS) is 12.4. The molecule has 7 nitrogen and oxygen atoms in total. The maximum Gasteiger partial charge on any atom is 0.283 e. The van der Waals surface area contributed by atoms with Crippen molar-refractivity contribution >= 4 is 15.9 Å². The summed E-state index contributed by atoms with van der Waals surface area (Å²) in [5.74, 6) is -0.253. The predicted octanol–water partition coefficient (Wildman–Crippen LogP) is 4.39. The van der Waals surface area contributed by atoms with Crippen molar-refractivity contribution in [3.05, 3.63) is 77.0 Å². The molecule has 34 heavy (non-hydrogen) atoms. The molecule has 0 bridgehead atoms. The number of rotatable bonds is 8. The largest absolute Gasteiger partial charge is 0.384 e. The summed E-state index contributed by atoms with van der Waals surface area (Å²) in [5, 5.41) is 14.5. The molecule has 0 aliphatic heterocycles. The number of amides is 1. The molecule has 0 saturated heterocycles. The lowest BCUT2D eigenvalue weighted by molar-refractivity contribution is -0.118. The van der Waals surface area contributed by atoms with E-state index in [9.17, 15) is 18.3 Å². The first kappa shape index (κ1) is 25.6. The van der Waals surface area contributed by atoms with Crippen LogP contribution in [0.3, 0.4) is 0 Å². The Morgan fingerprint density at radius 2 is 1.56 bits per heavy atom. The van der Waals surface area contributed by atoms with E-state index in [0.29, 0.717) is 11.4 Å². The average molecular weight is 484 g/mol. The van der Waals surface area contributed by atoms with E-state index < -0.39 is 21.5 Å². The highest BCUT2D eigenvalue weighted by molar-refractivity contribution is 7.90. The van der Waals surface area contributed by atoms with Crippen LogP contribution in [0.25, 0.3) is 5.69 Å². The molecular weight excluding hydrogens is 450 g/mol. The number of sulfonamides is 1. The molecule has 0 spiro atoms. The molecule has 3 aromatic rings. The third kappa shape index (κ3) is 5.56. The highest BCUT2D eigenvalue weighted by Crippen LogP contribution is 2.29. The average Bonchev–Trinajstić information content (AvgIpc) is 3.21. The Hall–Kier alpha value is -2.97. The van der Waals surface area contributed by atoms with Crippen molar-refractivity contribution in [2.75, 3.05) is 0 Å². The second kappa shape index (κ2) is 9.72. The van der Waals surface area contributed by atoms with Gasteiger partial charge in [0.05, 0.1) is 17.8 Å². The van der Waals surface area contributed by atoms with Crippen molar-refractivity contribution < 1.29 is 18.3 Å². The van der Waals surface area contributed by atoms with Gasteiger partial charge in [-0.3, -0.25) is 4.79 Å². The van der Waals surface area contributed by atoms with Crippen LogP contribution in [-0.2, 0) is 26.8 Å². The third-order valence-electron chi connectivity index (χ3n) is 5.67. The molecule has 182 valence electrons. The van der Waals surface area contributed by atoms with Gasteiger partial charge in [-0.15, -0.1) is 0 Å². The first-order valence-electron chi connectivity index (χ1n) is 11.4. The van der Waals surface area contributed by atoms with Crippen molar-refractivity contribution in [1.82, 2.24) is 14.5 Å². The van der Waals surface area contributed by atoms with Crippen molar-refractivity contribution in [2.45, 2.75) is 70.4 Å². The molecular formula is C26H33N3O4S. The standard InChI is InChI=1S/C26H33N3O4S/c1-17(2)20-13-10-14-21(18(3)4)22(20)15-24(30)28-34(32,33)25-16-23(26(5,6)31)29(27-25)19-11-8-7-9-12-19/h7-14,16-18,31H,15H2,1-6H3,(H,28,30). The van der Waals surface area contributed by atoms with Crippen molar-refractivity contribution in [1.29, 1.82) is 0 Å². The van der Waals surface area contributed by atoms with Gasteiger partial charge >= 0.3 is 0 Å². The van der Waals surface area contributed by atoms with Crippen LogP contribution in [0.5, 0.6) is 0 Å². The zero-order valence-corrected chi connectivity index (χ0v) is 21.3. The van der Waals surface area contributed by atoms with Gasteiger partial charge in [0.2, 0.25) is 5.91 Å². The lowest BCUT2D eigenvalue weighted by atomic mass is 9.87. The van der Waals surface area contributed by atoms with E-state index in [2.05, 4.69) is 9.82 Å². The van der Waals surface area contributed by atoms with Gasteiger partial charge in [0.1, 0.15) is 5.60 Å². The fourth-order valence-corrected chi connectivity index (χ4v) is 4.93. The molecule has 1 amide bonds. The number of nitrogens with zero attached hydrogens (tertiary/aromatic N) is 2. The Morgan fingerprint density at radius 3 is 2.06 bits per heavy atom. The quantitative estimate of drug-likeness (QED) is 0.495. The zero-order valence-electron chi connectivity index (χ0n) is 20.5. The molecule has 0 aliphatic carbocycles. The summed E-state index contributed by atoms with van der Waals surface area (Å²) >= 11 is 0. The van der Waals surface area contributed by atoms with Gasteiger partial charge in [-0.05, 0) is 54.5 Å². The first-order chi connectivity index (χ1) is 15.8. The summed E-state index contributed by atoms with van der Waals surface area (Å²) < 4.78 is 29.8. The van der Waals surface area contributed by atoms with E-state index in [1.807, 2.05) is 52.0 Å². The lowest BCUT2D eigenvalue weighted by Crippen LogP contribution is -2.32. The predicted molar refractivity (Wildman–Crippen MR) is 132 cm³/mol. The topological polar surface area (TPSA) is 101 Å². The van der Waals surface area contributed by atoms with Gasteiger partial charge in [0, 0.05) is 6.07 Å². The van der Waals surface area contributed by atoms with Crippen LogP contribution < -0.4 is 4.72 Å². The van der Waals surface area contributed by atoms with Crippen molar-refractivity contribution in [2.24, 2.45) is 0 Å². The lowest BCUT2D eigenvalue weighted by Gasteiger charge is -2.19.